The molecule has 3 N–H and O–H groups in total. The van der Waals surface area contributed by atoms with Crippen LogP contribution in [0, 0.1) is 5.92 Å². The molecule has 1 unspecified atom stereocenters. The quantitative estimate of drug-likeness (QED) is 0.699. The monoisotopic (exact) mass is 235 g/mol. The van der Waals surface area contributed by atoms with Gasteiger partial charge in [-0.2, -0.15) is 8.42 Å². The Morgan fingerprint density at radius 3 is 2.47 bits per heavy atom. The van der Waals surface area contributed by atoms with Gasteiger partial charge in [-0.15, -0.1) is 0 Å². The molecule has 1 rings (SSSR count). The first kappa shape index (κ1) is 12.9. The van der Waals surface area contributed by atoms with Gasteiger partial charge in [-0.1, -0.05) is 13.3 Å². The van der Waals surface area contributed by atoms with Crippen molar-refractivity contribution in [1.82, 2.24) is 9.62 Å². The lowest BCUT2D eigenvalue weighted by Crippen LogP contribution is -2.39. The first-order valence-corrected chi connectivity index (χ1v) is 7.02. The van der Waals surface area contributed by atoms with Crippen molar-refractivity contribution in [3.63, 3.8) is 0 Å². The van der Waals surface area contributed by atoms with E-state index in [0.717, 1.165) is 19.6 Å². The summed E-state index contributed by atoms with van der Waals surface area (Å²) in [5, 5.41) is 4.86. The van der Waals surface area contributed by atoms with Crippen LogP contribution >= 0.6 is 0 Å². The normalized spacial score (nSPS) is 21.5. The Bertz CT molecular complexity index is 273. The predicted molar refractivity (Wildman–Crippen MR) is 60.6 cm³/mol. The van der Waals surface area contributed by atoms with Gasteiger partial charge >= 0.3 is 0 Å². The smallest absolute Gasteiger partial charge is 0.274 e. The Hall–Kier alpha value is -0.170. The highest BCUT2D eigenvalue weighted by Gasteiger charge is 2.14. The summed E-state index contributed by atoms with van der Waals surface area (Å²) in [6.07, 6.45) is 3.84. The van der Waals surface area contributed by atoms with E-state index in [4.69, 9.17) is 5.14 Å². The van der Waals surface area contributed by atoms with Gasteiger partial charge in [0.25, 0.3) is 10.2 Å². The lowest BCUT2D eigenvalue weighted by molar-refractivity contribution is 0.201. The Morgan fingerprint density at radius 1 is 1.33 bits per heavy atom. The fraction of sp³-hybridized carbons (Fsp3) is 1.00. The molecule has 1 aliphatic rings. The number of nitrogens with zero attached hydrogens (tertiary/aromatic N) is 1. The maximum atomic E-state index is 10.7. The van der Waals surface area contributed by atoms with Crippen molar-refractivity contribution < 1.29 is 8.42 Å². The van der Waals surface area contributed by atoms with Crippen molar-refractivity contribution in [2.75, 3.05) is 26.2 Å². The van der Waals surface area contributed by atoms with Crippen LogP contribution in [0.4, 0.5) is 0 Å². The van der Waals surface area contributed by atoms with E-state index in [-0.39, 0.29) is 0 Å². The lowest BCUT2D eigenvalue weighted by Gasteiger charge is -2.28. The number of hydrogen-bond donors (Lipinski definition) is 2. The molecule has 1 heterocycles. The van der Waals surface area contributed by atoms with Crippen molar-refractivity contribution >= 4 is 10.2 Å². The summed E-state index contributed by atoms with van der Waals surface area (Å²) in [7, 11) is -3.53. The van der Waals surface area contributed by atoms with Gasteiger partial charge in [0.1, 0.15) is 0 Å². The molecule has 1 aliphatic heterocycles. The maximum absolute atomic E-state index is 10.7. The summed E-state index contributed by atoms with van der Waals surface area (Å²) in [5.74, 6) is 0.307. The Balaban J connectivity index is 2.20. The Labute approximate surface area is 92.2 Å². The van der Waals surface area contributed by atoms with Crippen LogP contribution in [0.5, 0.6) is 0 Å². The Morgan fingerprint density at radius 2 is 1.93 bits per heavy atom. The van der Waals surface area contributed by atoms with Gasteiger partial charge in [-0.25, -0.2) is 9.86 Å². The van der Waals surface area contributed by atoms with E-state index in [1.165, 1.54) is 19.3 Å². The number of hydrogen-bond acceptors (Lipinski definition) is 3. The van der Waals surface area contributed by atoms with Gasteiger partial charge in [0.2, 0.25) is 0 Å². The molecule has 0 aromatic heterocycles. The van der Waals surface area contributed by atoms with Gasteiger partial charge in [0, 0.05) is 13.1 Å². The molecule has 1 saturated heterocycles. The number of rotatable bonds is 5. The molecule has 90 valence electrons. The van der Waals surface area contributed by atoms with Crippen LogP contribution in [0.15, 0.2) is 0 Å². The topological polar surface area (TPSA) is 75.4 Å². The van der Waals surface area contributed by atoms with Gasteiger partial charge in [0.15, 0.2) is 0 Å². The van der Waals surface area contributed by atoms with Crippen LogP contribution in [-0.2, 0) is 10.2 Å². The summed E-state index contributed by atoms with van der Waals surface area (Å²) < 4.78 is 23.7. The van der Waals surface area contributed by atoms with Crippen molar-refractivity contribution in [2.45, 2.75) is 26.2 Å². The van der Waals surface area contributed by atoms with Gasteiger partial charge in [-0.05, 0) is 31.8 Å². The number of piperidine rings is 1. The molecule has 0 aliphatic carbocycles. The maximum Gasteiger partial charge on any atom is 0.274 e. The fourth-order valence-corrected chi connectivity index (χ4v) is 2.42. The zero-order valence-electron chi connectivity index (χ0n) is 9.28. The molecule has 0 aromatic carbocycles. The van der Waals surface area contributed by atoms with E-state index < -0.39 is 10.2 Å². The third-order valence-electron chi connectivity index (χ3n) is 2.65. The van der Waals surface area contributed by atoms with E-state index in [2.05, 4.69) is 9.62 Å². The number of likely N-dealkylation sites (tertiary alicyclic amines) is 1. The SMILES string of the molecule is CC(CNS(N)(=O)=O)CN1CCCCC1. The molecule has 15 heavy (non-hydrogen) atoms. The minimum Gasteiger partial charge on any atom is -0.303 e. The van der Waals surface area contributed by atoms with E-state index in [1.54, 1.807) is 0 Å². The molecule has 0 amide bonds. The fourth-order valence-electron chi connectivity index (χ4n) is 1.91. The van der Waals surface area contributed by atoms with E-state index in [0.29, 0.717) is 12.5 Å². The second-order valence-electron chi connectivity index (χ2n) is 4.36. The first-order valence-electron chi connectivity index (χ1n) is 5.47. The number of nitrogens with one attached hydrogen (secondary N) is 1. The van der Waals surface area contributed by atoms with Crippen LogP contribution in [0.2, 0.25) is 0 Å². The minimum absolute atomic E-state index is 0.307. The summed E-state index contributed by atoms with van der Waals surface area (Å²) in [4.78, 5) is 2.39. The van der Waals surface area contributed by atoms with E-state index in [9.17, 15) is 8.42 Å². The first-order chi connectivity index (χ1) is 6.97. The molecule has 0 saturated carbocycles. The average molecular weight is 235 g/mol. The Kier molecular flexibility index (Phi) is 4.98. The third kappa shape index (κ3) is 6.09. The highest BCUT2D eigenvalue weighted by atomic mass is 32.2. The van der Waals surface area contributed by atoms with Gasteiger partial charge in [-0.3, -0.25) is 0 Å². The summed E-state index contributed by atoms with van der Waals surface area (Å²) in [5.41, 5.74) is 0. The highest BCUT2D eigenvalue weighted by Crippen LogP contribution is 2.10. The van der Waals surface area contributed by atoms with Crippen LogP contribution in [0.1, 0.15) is 26.2 Å². The number of nitrogens with two attached hydrogens (primary N) is 1. The molecule has 5 nitrogen and oxygen atoms in total. The predicted octanol–water partition coefficient (Wildman–Crippen LogP) is -0.0985. The third-order valence-corrected chi connectivity index (χ3v) is 3.22. The van der Waals surface area contributed by atoms with Crippen molar-refractivity contribution in [3.05, 3.63) is 0 Å². The standard InChI is InChI=1S/C9H21N3O2S/c1-9(7-11-15(10,13)14)8-12-5-3-2-4-6-12/h9,11H,2-8H2,1H3,(H2,10,13,14). The molecule has 1 atom stereocenters. The molecule has 6 heteroatoms. The molecular weight excluding hydrogens is 214 g/mol. The molecule has 1 fully saturated rings. The van der Waals surface area contributed by atoms with Crippen LogP contribution in [0.3, 0.4) is 0 Å². The molecular formula is C9H21N3O2S. The zero-order valence-corrected chi connectivity index (χ0v) is 10.1. The summed E-state index contributed by atoms with van der Waals surface area (Å²) in [6, 6.07) is 0. The minimum atomic E-state index is -3.53. The second kappa shape index (κ2) is 5.79. The van der Waals surface area contributed by atoms with Crippen molar-refractivity contribution in [3.8, 4) is 0 Å². The molecule has 0 radical (unpaired) electrons. The molecule has 0 spiro atoms. The second-order valence-corrected chi connectivity index (χ2v) is 5.74. The average Bonchev–Trinajstić information content (AvgIpc) is 2.15. The van der Waals surface area contributed by atoms with E-state index in [1.807, 2.05) is 6.92 Å². The largest absolute Gasteiger partial charge is 0.303 e. The van der Waals surface area contributed by atoms with Crippen LogP contribution < -0.4 is 9.86 Å². The van der Waals surface area contributed by atoms with Crippen molar-refractivity contribution in [2.24, 2.45) is 11.1 Å². The zero-order chi connectivity index (χ0) is 11.3. The van der Waals surface area contributed by atoms with Crippen molar-refractivity contribution in [1.29, 1.82) is 0 Å². The van der Waals surface area contributed by atoms with Gasteiger partial charge in [0.05, 0.1) is 0 Å². The van der Waals surface area contributed by atoms with Gasteiger partial charge < -0.3 is 4.90 Å². The van der Waals surface area contributed by atoms with Crippen LogP contribution in [-0.4, -0.2) is 39.5 Å². The summed E-state index contributed by atoms with van der Waals surface area (Å²) in [6.45, 7) is 5.68. The van der Waals surface area contributed by atoms with Crippen LogP contribution in [0.25, 0.3) is 0 Å². The molecule has 0 aromatic rings. The highest BCUT2D eigenvalue weighted by molar-refractivity contribution is 7.87. The van der Waals surface area contributed by atoms with E-state index >= 15 is 0 Å². The lowest BCUT2D eigenvalue weighted by atomic mass is 10.1. The molecule has 0 bridgehead atoms. The summed E-state index contributed by atoms with van der Waals surface area (Å²) >= 11 is 0.